The molecule has 0 radical (unpaired) electrons. The van der Waals surface area contributed by atoms with Gasteiger partial charge in [0, 0.05) is 76.2 Å². The van der Waals surface area contributed by atoms with Gasteiger partial charge in [-0.2, -0.15) is 0 Å². The molecule has 5 aromatic rings. The Morgan fingerprint density at radius 1 is 1.00 bits per heavy atom. The number of hydrogen-bond donors (Lipinski definition) is 0. The third kappa shape index (κ3) is 5.60. The van der Waals surface area contributed by atoms with Gasteiger partial charge in [-0.15, -0.1) is 5.10 Å². The fraction of sp³-hybridized carbons (Fsp3) is 0.400. The average molecular weight is 622 g/mol. The summed E-state index contributed by atoms with van der Waals surface area (Å²) in [7, 11) is 1.92. The second kappa shape index (κ2) is 12.6. The molecule has 0 spiro atoms. The van der Waals surface area contributed by atoms with Crippen LogP contribution in [0.1, 0.15) is 37.1 Å². The van der Waals surface area contributed by atoms with Crippen molar-refractivity contribution in [2.75, 3.05) is 50.9 Å². The molecule has 2 saturated heterocycles. The van der Waals surface area contributed by atoms with Gasteiger partial charge in [0.05, 0.1) is 34.0 Å². The normalized spacial score (nSPS) is 16.7. The van der Waals surface area contributed by atoms with Gasteiger partial charge in [0.1, 0.15) is 0 Å². The molecule has 0 saturated carbocycles. The molecule has 2 aliphatic rings. The molecule has 11 nitrogen and oxygen atoms in total. The Labute approximate surface area is 267 Å². The van der Waals surface area contributed by atoms with Crippen LogP contribution in [-0.4, -0.2) is 87.3 Å². The van der Waals surface area contributed by atoms with Crippen molar-refractivity contribution in [1.29, 1.82) is 0 Å². The fourth-order valence-electron chi connectivity index (χ4n) is 7.16. The summed E-state index contributed by atoms with van der Waals surface area (Å²) in [5.74, 6) is -0.207. The van der Waals surface area contributed by atoms with Crippen molar-refractivity contribution in [2.24, 2.45) is 13.0 Å². The zero-order valence-electron chi connectivity index (χ0n) is 26.6. The Kier molecular flexibility index (Phi) is 8.16. The standard InChI is InChI=1S/C35H39N7O4/c1-23-34(39(3)38-37-23)27-19-31-33(36-21-27)29-20-28(40-13-15-41(16-14-40)32(44)22-46-24(2)43)9-10-30(29)42(31)35(25-7-5-4-6-8-25)26-11-17-45-18-12-26/h4-10,19-21,26,35H,11-18,22H2,1-3H3/t35-/m1/s1. The van der Waals surface area contributed by atoms with E-state index < -0.39 is 5.97 Å². The number of esters is 1. The number of benzene rings is 2. The number of carbonyl (C=O) groups excluding carboxylic acids is 2. The van der Waals surface area contributed by atoms with Gasteiger partial charge in [0.15, 0.2) is 6.61 Å². The number of pyridine rings is 1. The summed E-state index contributed by atoms with van der Waals surface area (Å²) in [5, 5.41) is 9.66. The zero-order chi connectivity index (χ0) is 31.8. The molecule has 0 aliphatic carbocycles. The highest BCUT2D eigenvalue weighted by Crippen LogP contribution is 2.42. The molecule has 0 unspecified atom stereocenters. The van der Waals surface area contributed by atoms with Crippen LogP contribution in [0.5, 0.6) is 0 Å². The Morgan fingerprint density at radius 2 is 1.76 bits per heavy atom. The maximum atomic E-state index is 12.5. The van der Waals surface area contributed by atoms with Gasteiger partial charge in [-0.1, -0.05) is 35.5 Å². The van der Waals surface area contributed by atoms with E-state index in [1.807, 2.05) is 24.9 Å². The summed E-state index contributed by atoms with van der Waals surface area (Å²) in [6, 6.07) is 19.8. The van der Waals surface area contributed by atoms with Crippen molar-refractivity contribution in [3.8, 4) is 11.3 Å². The molecule has 2 fully saturated rings. The van der Waals surface area contributed by atoms with E-state index in [0.717, 1.165) is 70.6 Å². The number of nitrogens with zero attached hydrogens (tertiary/aromatic N) is 7. The molecular weight excluding hydrogens is 582 g/mol. The van der Waals surface area contributed by atoms with Crippen molar-refractivity contribution >= 4 is 39.5 Å². The van der Waals surface area contributed by atoms with Crippen molar-refractivity contribution in [2.45, 2.75) is 32.7 Å². The van der Waals surface area contributed by atoms with Crippen LogP contribution in [-0.2, 0) is 26.1 Å². The number of aryl methyl sites for hydroxylation is 2. The number of carbonyl (C=O) groups is 2. The lowest BCUT2D eigenvalue weighted by Gasteiger charge is -2.36. The molecule has 1 atom stereocenters. The van der Waals surface area contributed by atoms with Crippen LogP contribution in [0.25, 0.3) is 33.2 Å². The zero-order valence-corrected chi connectivity index (χ0v) is 26.6. The lowest BCUT2D eigenvalue weighted by molar-refractivity contribution is -0.150. The Bertz CT molecular complexity index is 1870. The smallest absolute Gasteiger partial charge is 0.303 e. The SMILES string of the molecule is CC(=O)OCC(=O)N1CCN(c2ccc3c(c2)c2ncc(-c4c(C)nnn4C)cc2n3[C@H](c2ccccc2)C2CCOCC2)CC1. The second-order valence-electron chi connectivity index (χ2n) is 12.3. The highest BCUT2D eigenvalue weighted by molar-refractivity contribution is 6.08. The summed E-state index contributed by atoms with van der Waals surface area (Å²) in [6.07, 6.45) is 3.90. The van der Waals surface area contributed by atoms with Gasteiger partial charge < -0.3 is 23.8 Å². The number of aromatic nitrogens is 5. The van der Waals surface area contributed by atoms with Crippen molar-refractivity contribution < 1.29 is 19.1 Å². The van der Waals surface area contributed by atoms with Crippen LogP contribution in [0.3, 0.4) is 0 Å². The summed E-state index contributed by atoms with van der Waals surface area (Å²) < 4.78 is 15.1. The molecule has 5 heterocycles. The van der Waals surface area contributed by atoms with Crippen molar-refractivity contribution in [3.05, 3.63) is 72.1 Å². The number of rotatable bonds is 7. The largest absolute Gasteiger partial charge is 0.456 e. The lowest BCUT2D eigenvalue weighted by Crippen LogP contribution is -2.49. The Morgan fingerprint density at radius 3 is 2.46 bits per heavy atom. The predicted octanol–water partition coefficient (Wildman–Crippen LogP) is 4.52. The van der Waals surface area contributed by atoms with E-state index >= 15 is 0 Å². The highest BCUT2D eigenvalue weighted by atomic mass is 16.5. The van der Waals surface area contributed by atoms with Crippen LogP contribution in [0.2, 0.25) is 0 Å². The maximum absolute atomic E-state index is 12.5. The first kappa shape index (κ1) is 29.9. The number of amides is 1. The van der Waals surface area contributed by atoms with Gasteiger partial charge in [0.25, 0.3) is 5.91 Å². The van der Waals surface area contributed by atoms with Gasteiger partial charge in [-0.3, -0.25) is 14.6 Å². The molecule has 0 N–H and O–H groups in total. The van der Waals surface area contributed by atoms with Crippen LogP contribution in [0, 0.1) is 12.8 Å². The van der Waals surface area contributed by atoms with Gasteiger partial charge in [-0.05, 0) is 55.5 Å². The first-order chi connectivity index (χ1) is 22.4. The van der Waals surface area contributed by atoms with E-state index in [0.29, 0.717) is 32.1 Å². The minimum absolute atomic E-state index is 0.102. The molecule has 0 bridgehead atoms. The minimum atomic E-state index is -0.446. The van der Waals surface area contributed by atoms with E-state index in [-0.39, 0.29) is 18.6 Å². The van der Waals surface area contributed by atoms with Crippen LogP contribution in [0.15, 0.2) is 60.8 Å². The minimum Gasteiger partial charge on any atom is -0.456 e. The summed E-state index contributed by atoms with van der Waals surface area (Å²) in [4.78, 5) is 32.9. The number of hydrogen-bond acceptors (Lipinski definition) is 8. The van der Waals surface area contributed by atoms with Crippen LogP contribution < -0.4 is 4.90 Å². The molecule has 1 amide bonds. The Hall–Kier alpha value is -4.77. The van der Waals surface area contributed by atoms with E-state index in [9.17, 15) is 9.59 Å². The summed E-state index contributed by atoms with van der Waals surface area (Å²) in [6.45, 7) is 7.12. The highest BCUT2D eigenvalue weighted by Gasteiger charge is 2.31. The lowest BCUT2D eigenvalue weighted by atomic mass is 9.86. The van der Waals surface area contributed by atoms with Crippen molar-refractivity contribution in [3.63, 3.8) is 0 Å². The van der Waals surface area contributed by atoms with Gasteiger partial charge in [-0.25, -0.2) is 4.68 Å². The summed E-state index contributed by atoms with van der Waals surface area (Å²) >= 11 is 0. The molecule has 11 heteroatoms. The maximum Gasteiger partial charge on any atom is 0.303 e. The van der Waals surface area contributed by atoms with E-state index in [1.165, 1.54) is 12.5 Å². The quantitative estimate of drug-likeness (QED) is 0.244. The van der Waals surface area contributed by atoms with E-state index in [1.54, 1.807) is 4.90 Å². The van der Waals surface area contributed by atoms with Crippen molar-refractivity contribution in [1.82, 2.24) is 29.4 Å². The monoisotopic (exact) mass is 621 g/mol. The second-order valence-corrected chi connectivity index (χ2v) is 12.3. The van der Waals surface area contributed by atoms with Crippen LogP contribution in [0.4, 0.5) is 5.69 Å². The molecule has 2 aliphatic heterocycles. The molecule has 238 valence electrons. The Balaban J connectivity index is 1.33. The van der Waals surface area contributed by atoms with E-state index in [2.05, 4.69) is 74.4 Å². The first-order valence-electron chi connectivity index (χ1n) is 16.0. The third-order valence-corrected chi connectivity index (χ3v) is 9.42. The van der Waals surface area contributed by atoms with Gasteiger partial charge in [0.2, 0.25) is 0 Å². The number of ether oxygens (including phenoxy) is 2. The third-order valence-electron chi connectivity index (χ3n) is 9.42. The molecule has 46 heavy (non-hydrogen) atoms. The fourth-order valence-corrected chi connectivity index (χ4v) is 7.16. The first-order valence-corrected chi connectivity index (χ1v) is 16.0. The van der Waals surface area contributed by atoms with Gasteiger partial charge >= 0.3 is 5.97 Å². The summed E-state index contributed by atoms with van der Waals surface area (Å²) in [5.41, 5.74) is 8.34. The molecule has 7 rings (SSSR count). The number of piperazine rings is 1. The predicted molar refractivity (Wildman–Crippen MR) is 176 cm³/mol. The van der Waals surface area contributed by atoms with Crippen LogP contribution >= 0.6 is 0 Å². The number of anilines is 1. The molecule has 2 aromatic carbocycles. The topological polar surface area (TPSA) is 108 Å². The number of fused-ring (bicyclic) bond motifs is 3. The van der Waals surface area contributed by atoms with E-state index in [4.69, 9.17) is 14.5 Å². The molecule has 3 aromatic heterocycles. The molecular formula is C35H39N7O4. The average Bonchev–Trinajstić information content (AvgIpc) is 3.59.